The van der Waals surface area contributed by atoms with Crippen molar-refractivity contribution in [3.8, 4) is 0 Å². The van der Waals surface area contributed by atoms with Crippen molar-refractivity contribution in [2.45, 2.75) is 43.4 Å². The first-order valence-electron chi connectivity index (χ1n) is 24.4. The largest absolute Gasteiger partial charge is 0.480 e. The third-order valence-electron chi connectivity index (χ3n) is 12.4. The summed E-state index contributed by atoms with van der Waals surface area (Å²) in [4.78, 5) is 201. The number of primary amides is 1. The van der Waals surface area contributed by atoms with Crippen molar-refractivity contribution in [3.05, 3.63) is 0 Å². The standard InChI is InChI=1S/C46H77N15O19/c1-50(15-28(48)62)30(64)16-51(2)31(65)17-52(3)32(66)18-53(4)33(67)19-54(5)34(68)20-55(6)35(69)21-56(7)36(70)22-57(8)37(71)23-58(9)38(72)24-59(10)39(73)25-60(11)40(74)26-61(12)45(77)43-41(75)42(76)44(80-43)49-29(63)14-13-27(47)46(78)79/h27,41-44,75-76H,13-26,47H2,1-12H3,(H2,48,62)(H,49,63)(H,78,79)/t27-,41-,42+,43-,44?/m0/s1. The van der Waals surface area contributed by atoms with Crippen molar-refractivity contribution in [2.75, 3.05) is 163 Å². The Morgan fingerprint density at radius 3 is 0.850 bits per heavy atom. The number of aliphatic hydroxyl groups excluding tert-OH is 2. The molecule has 1 rings (SSSR count). The first kappa shape index (κ1) is 69.9. The van der Waals surface area contributed by atoms with Gasteiger partial charge in [-0.2, -0.15) is 0 Å². The Morgan fingerprint density at radius 1 is 0.400 bits per heavy atom. The molecule has 1 heterocycles. The topological polar surface area (TPSA) is 429 Å². The number of nitrogens with one attached hydrogen (secondary N) is 1. The fraction of sp³-hybridized carbons (Fsp3) is 0.674. The van der Waals surface area contributed by atoms with E-state index in [1.54, 1.807) is 0 Å². The van der Waals surface area contributed by atoms with Crippen molar-refractivity contribution < 1.29 is 92.0 Å². The van der Waals surface area contributed by atoms with Gasteiger partial charge in [0.15, 0.2) is 12.3 Å². The second-order valence-corrected chi connectivity index (χ2v) is 19.4. The maximum absolute atomic E-state index is 13.1. The highest BCUT2D eigenvalue weighted by Crippen LogP contribution is 2.22. The Hall–Kier alpha value is -8.11. The Bertz CT molecular complexity index is 2340. The van der Waals surface area contributed by atoms with Crippen LogP contribution in [0.2, 0.25) is 0 Å². The van der Waals surface area contributed by atoms with Crippen molar-refractivity contribution in [2.24, 2.45) is 11.5 Å². The van der Waals surface area contributed by atoms with Crippen molar-refractivity contribution >= 4 is 88.7 Å². The van der Waals surface area contributed by atoms with Gasteiger partial charge in [0.1, 0.15) is 18.2 Å². The molecule has 1 aliphatic heterocycles. The minimum atomic E-state index is -1.83. The number of likely N-dealkylation sites (N-methyl/N-ethyl adjacent to an activating group) is 12. The molecule has 14 amide bonds. The van der Waals surface area contributed by atoms with Crippen LogP contribution in [0.25, 0.3) is 0 Å². The zero-order chi connectivity index (χ0) is 61.8. The average molecular weight is 1140 g/mol. The molecule has 0 aromatic carbocycles. The number of hydrogen-bond donors (Lipinski definition) is 6. The average Bonchev–Trinajstić information content (AvgIpc) is 3.64. The predicted octanol–water partition coefficient (Wildman–Crippen LogP) is -10.3. The van der Waals surface area contributed by atoms with Gasteiger partial charge in [0.2, 0.25) is 76.8 Å². The van der Waals surface area contributed by atoms with Crippen LogP contribution in [-0.2, 0) is 76.7 Å². The van der Waals surface area contributed by atoms with Gasteiger partial charge in [-0.05, 0) is 6.42 Å². The molecule has 1 aliphatic rings. The van der Waals surface area contributed by atoms with E-state index in [1.807, 2.05) is 0 Å². The maximum Gasteiger partial charge on any atom is 0.320 e. The lowest BCUT2D eigenvalue weighted by atomic mass is 10.1. The van der Waals surface area contributed by atoms with Gasteiger partial charge in [-0.3, -0.25) is 71.9 Å². The van der Waals surface area contributed by atoms with Gasteiger partial charge in [-0.1, -0.05) is 0 Å². The number of carboxylic acids is 1. The number of aliphatic carboxylic acids is 1. The van der Waals surface area contributed by atoms with Crippen LogP contribution >= 0.6 is 0 Å². The van der Waals surface area contributed by atoms with Crippen molar-refractivity contribution in [1.82, 2.24) is 64.1 Å². The second-order valence-electron chi connectivity index (χ2n) is 19.4. The zero-order valence-corrected chi connectivity index (χ0v) is 47.2. The van der Waals surface area contributed by atoms with Crippen LogP contribution < -0.4 is 16.8 Å². The fourth-order valence-corrected chi connectivity index (χ4v) is 6.70. The van der Waals surface area contributed by atoms with Crippen LogP contribution in [0.15, 0.2) is 0 Å². The molecule has 0 aromatic rings. The molecule has 80 heavy (non-hydrogen) atoms. The molecule has 5 atom stereocenters. The van der Waals surface area contributed by atoms with E-state index in [0.29, 0.717) is 0 Å². The minimum Gasteiger partial charge on any atom is -0.480 e. The van der Waals surface area contributed by atoms with Crippen LogP contribution in [0, 0.1) is 0 Å². The van der Waals surface area contributed by atoms with Crippen LogP contribution in [-0.4, -0.2) is 356 Å². The molecule has 0 radical (unpaired) electrons. The number of nitrogens with two attached hydrogens (primary N) is 2. The van der Waals surface area contributed by atoms with Crippen LogP contribution in [0.4, 0.5) is 0 Å². The van der Waals surface area contributed by atoms with Gasteiger partial charge in [-0.25, -0.2) is 0 Å². The van der Waals surface area contributed by atoms with Crippen LogP contribution in [0.1, 0.15) is 12.8 Å². The monoisotopic (exact) mass is 1140 g/mol. The Labute approximate surface area is 461 Å². The number of carboxylic acid groups (broad SMARTS) is 1. The molecular weight excluding hydrogens is 1070 g/mol. The van der Waals surface area contributed by atoms with E-state index in [1.165, 1.54) is 84.6 Å². The van der Waals surface area contributed by atoms with Gasteiger partial charge in [-0.15, -0.1) is 0 Å². The number of rotatable bonds is 30. The molecular formula is C46H77N15O19. The van der Waals surface area contributed by atoms with Gasteiger partial charge in [0.05, 0.1) is 78.5 Å². The van der Waals surface area contributed by atoms with Crippen molar-refractivity contribution in [1.29, 1.82) is 0 Å². The lowest BCUT2D eigenvalue weighted by Crippen LogP contribution is -2.50. The fourth-order valence-electron chi connectivity index (χ4n) is 6.70. The maximum atomic E-state index is 13.1. The third-order valence-corrected chi connectivity index (χ3v) is 12.4. The minimum absolute atomic E-state index is 0.248. The molecule has 34 nitrogen and oxygen atoms in total. The highest BCUT2D eigenvalue weighted by Gasteiger charge is 2.48. The van der Waals surface area contributed by atoms with E-state index >= 15 is 0 Å². The molecule has 0 bridgehead atoms. The lowest BCUT2D eigenvalue weighted by Gasteiger charge is -2.28. The molecule has 0 spiro atoms. The van der Waals surface area contributed by atoms with Gasteiger partial charge >= 0.3 is 5.97 Å². The number of aliphatic hydroxyl groups is 2. The summed E-state index contributed by atoms with van der Waals surface area (Å²) >= 11 is 0. The number of carbonyl (C=O) groups is 15. The molecule has 1 fully saturated rings. The highest BCUT2D eigenvalue weighted by molar-refractivity contribution is 5.95. The quantitative estimate of drug-likeness (QED) is 0.0389. The summed E-state index contributed by atoms with van der Waals surface area (Å²) in [6, 6.07) is -1.33. The van der Waals surface area contributed by atoms with Crippen LogP contribution in [0.5, 0.6) is 0 Å². The summed E-state index contributed by atoms with van der Waals surface area (Å²) in [7, 11) is 15.3. The van der Waals surface area contributed by atoms with Crippen LogP contribution in [0.3, 0.4) is 0 Å². The number of amides is 14. The lowest BCUT2D eigenvalue weighted by molar-refractivity contribution is -0.151. The van der Waals surface area contributed by atoms with E-state index < -0.39 is 185 Å². The second kappa shape index (κ2) is 32.1. The molecule has 450 valence electrons. The molecule has 0 aliphatic carbocycles. The molecule has 34 heteroatoms. The van der Waals surface area contributed by atoms with E-state index in [-0.39, 0.29) is 25.9 Å². The van der Waals surface area contributed by atoms with Gasteiger partial charge < -0.3 is 95.6 Å². The summed E-state index contributed by atoms with van der Waals surface area (Å²) in [5, 5.41) is 31.9. The predicted molar refractivity (Wildman–Crippen MR) is 275 cm³/mol. The van der Waals surface area contributed by atoms with Gasteiger partial charge in [0, 0.05) is 91.0 Å². The molecule has 0 aromatic heterocycles. The molecule has 0 saturated carbocycles. The Balaban J connectivity index is 2.59. The number of hydrogen-bond acceptors (Lipinski definition) is 19. The van der Waals surface area contributed by atoms with E-state index in [2.05, 4.69) is 5.32 Å². The Kier molecular flexibility index (Phi) is 28.0. The summed E-state index contributed by atoms with van der Waals surface area (Å²) < 4.78 is 5.34. The summed E-state index contributed by atoms with van der Waals surface area (Å²) in [5.74, 6) is -11.2. The first-order chi connectivity index (χ1) is 36.9. The van der Waals surface area contributed by atoms with E-state index in [0.717, 1.165) is 58.8 Å². The molecule has 8 N–H and O–H groups in total. The molecule has 1 unspecified atom stereocenters. The van der Waals surface area contributed by atoms with E-state index in [4.69, 9.17) is 21.3 Å². The SMILES string of the molecule is CN(CC(N)=O)C(=O)CN(C)C(=O)CN(C)C(=O)CN(C)C(=O)CN(C)C(=O)CN(C)C(=O)CN(C)C(=O)CN(C)C(=O)CN(C)C(=O)CN(C)C(=O)CN(C)C(=O)CN(C)C(=O)[C@H]1OC(NC(=O)CC[C@H](N)C(=O)O)[C@H](O)[C@@H]1O. The smallest absolute Gasteiger partial charge is 0.320 e. The number of carbonyl (C=O) groups excluding carboxylic acids is 14. The normalized spacial score (nSPS) is 15.6. The number of ether oxygens (including phenoxy) is 1. The van der Waals surface area contributed by atoms with E-state index in [9.17, 15) is 82.1 Å². The zero-order valence-electron chi connectivity index (χ0n) is 47.2. The third kappa shape index (κ3) is 22.7. The highest BCUT2D eigenvalue weighted by atomic mass is 16.6. The summed E-state index contributed by atoms with van der Waals surface area (Å²) in [6.45, 7) is -6.00. The first-order valence-corrected chi connectivity index (χ1v) is 24.4. The van der Waals surface area contributed by atoms with Gasteiger partial charge in [0.25, 0.3) is 5.91 Å². The summed E-state index contributed by atoms with van der Waals surface area (Å²) in [6.07, 6.45) is -7.50. The van der Waals surface area contributed by atoms with Crippen molar-refractivity contribution in [3.63, 3.8) is 0 Å². The summed E-state index contributed by atoms with van der Waals surface area (Å²) in [5.41, 5.74) is 10.5. The molecule has 1 saturated heterocycles. The number of nitrogens with zero attached hydrogens (tertiary/aromatic N) is 12. The Morgan fingerprint density at radius 2 is 0.625 bits per heavy atom.